The lowest BCUT2D eigenvalue weighted by atomic mass is 9.90. The highest BCUT2D eigenvalue weighted by atomic mass is 19.1. The molecule has 0 heterocycles. The number of rotatable bonds is 5. The topological polar surface area (TPSA) is 35.2 Å². The van der Waals surface area contributed by atoms with Crippen molar-refractivity contribution in [2.24, 2.45) is 11.7 Å². The highest BCUT2D eigenvalue weighted by Gasteiger charge is 2.15. The van der Waals surface area contributed by atoms with Gasteiger partial charge in [0, 0.05) is 12.2 Å². The van der Waals surface area contributed by atoms with E-state index in [0.717, 1.165) is 6.61 Å². The molecular formula is C15H22FNO. The molecule has 1 aromatic carbocycles. The summed E-state index contributed by atoms with van der Waals surface area (Å²) in [6, 6.07) is 6.28. The maximum Gasteiger partial charge on any atom is 0.128 e. The van der Waals surface area contributed by atoms with Gasteiger partial charge >= 0.3 is 0 Å². The first-order valence-corrected chi connectivity index (χ1v) is 6.85. The van der Waals surface area contributed by atoms with Gasteiger partial charge in [-0.25, -0.2) is 4.39 Å². The van der Waals surface area contributed by atoms with Gasteiger partial charge in [-0.1, -0.05) is 37.5 Å². The molecule has 0 bridgehead atoms. The van der Waals surface area contributed by atoms with Crippen LogP contribution in [0.25, 0.3) is 0 Å². The normalized spacial score (nSPS) is 18.8. The molecule has 1 saturated carbocycles. The Hall–Kier alpha value is -0.930. The van der Waals surface area contributed by atoms with Crippen molar-refractivity contribution in [2.45, 2.75) is 38.1 Å². The van der Waals surface area contributed by atoms with Crippen LogP contribution in [-0.2, 0) is 4.74 Å². The van der Waals surface area contributed by atoms with Crippen LogP contribution in [0.15, 0.2) is 24.3 Å². The van der Waals surface area contributed by atoms with Gasteiger partial charge in [-0.3, -0.25) is 0 Å². The standard InChI is InChI=1S/C15H22FNO/c16-14-9-5-4-8-13(14)15(17)11-18-10-12-6-2-1-3-7-12/h4-5,8-9,12,15H,1-3,6-7,10-11,17H2. The second-order valence-corrected chi connectivity index (χ2v) is 5.17. The molecule has 100 valence electrons. The van der Waals surface area contributed by atoms with E-state index in [1.54, 1.807) is 18.2 Å². The van der Waals surface area contributed by atoms with Crippen LogP contribution in [-0.4, -0.2) is 13.2 Å². The molecular weight excluding hydrogens is 229 g/mol. The summed E-state index contributed by atoms with van der Waals surface area (Å²) in [6.45, 7) is 1.17. The summed E-state index contributed by atoms with van der Waals surface area (Å²) in [5.41, 5.74) is 6.49. The Bertz CT molecular complexity index is 363. The SMILES string of the molecule is NC(COCC1CCCCC1)c1ccccc1F. The molecule has 2 rings (SSSR count). The molecule has 0 amide bonds. The minimum atomic E-state index is -0.366. The van der Waals surface area contributed by atoms with Crippen LogP contribution in [0.3, 0.4) is 0 Å². The smallest absolute Gasteiger partial charge is 0.128 e. The van der Waals surface area contributed by atoms with Crippen LogP contribution in [0, 0.1) is 11.7 Å². The maximum atomic E-state index is 13.5. The van der Waals surface area contributed by atoms with Crippen molar-refractivity contribution in [1.29, 1.82) is 0 Å². The van der Waals surface area contributed by atoms with E-state index in [1.807, 2.05) is 0 Å². The van der Waals surface area contributed by atoms with E-state index in [-0.39, 0.29) is 11.9 Å². The largest absolute Gasteiger partial charge is 0.379 e. The fourth-order valence-corrected chi connectivity index (χ4v) is 2.58. The first-order chi connectivity index (χ1) is 8.77. The summed E-state index contributed by atoms with van der Waals surface area (Å²) in [6.07, 6.45) is 6.50. The van der Waals surface area contributed by atoms with Crippen LogP contribution in [0.5, 0.6) is 0 Å². The zero-order chi connectivity index (χ0) is 12.8. The molecule has 1 fully saturated rings. The lowest BCUT2D eigenvalue weighted by Gasteiger charge is -2.22. The summed E-state index contributed by atoms with van der Waals surface area (Å²) < 4.78 is 19.1. The van der Waals surface area contributed by atoms with Crippen LogP contribution in [0.2, 0.25) is 0 Å². The molecule has 0 radical (unpaired) electrons. The van der Waals surface area contributed by atoms with Crippen LogP contribution in [0.1, 0.15) is 43.7 Å². The molecule has 1 aromatic rings. The van der Waals surface area contributed by atoms with Gasteiger partial charge in [0.25, 0.3) is 0 Å². The Morgan fingerprint density at radius 3 is 2.67 bits per heavy atom. The number of nitrogens with two attached hydrogens (primary N) is 1. The Kier molecular flexibility index (Phi) is 5.14. The van der Waals surface area contributed by atoms with Crippen molar-refractivity contribution < 1.29 is 9.13 Å². The zero-order valence-electron chi connectivity index (χ0n) is 10.8. The van der Waals surface area contributed by atoms with Crippen LogP contribution < -0.4 is 5.73 Å². The van der Waals surface area contributed by atoms with Crippen molar-refractivity contribution >= 4 is 0 Å². The minimum absolute atomic E-state index is 0.244. The van der Waals surface area contributed by atoms with Crippen molar-refractivity contribution in [1.82, 2.24) is 0 Å². The molecule has 2 N–H and O–H groups in total. The average Bonchev–Trinajstić information content (AvgIpc) is 2.40. The first kappa shape index (κ1) is 13.5. The molecule has 0 saturated heterocycles. The number of hydrogen-bond acceptors (Lipinski definition) is 2. The summed E-state index contributed by atoms with van der Waals surface area (Å²) in [5.74, 6) is 0.429. The van der Waals surface area contributed by atoms with E-state index in [0.29, 0.717) is 18.1 Å². The first-order valence-electron chi connectivity index (χ1n) is 6.85. The number of halogens is 1. The molecule has 0 aromatic heterocycles. The third-order valence-electron chi connectivity index (χ3n) is 3.68. The van der Waals surface area contributed by atoms with E-state index in [1.165, 1.54) is 38.2 Å². The molecule has 0 aliphatic heterocycles. The third-order valence-corrected chi connectivity index (χ3v) is 3.68. The monoisotopic (exact) mass is 251 g/mol. The molecule has 0 spiro atoms. The van der Waals surface area contributed by atoms with Gasteiger partial charge in [0.1, 0.15) is 5.82 Å². The quantitative estimate of drug-likeness (QED) is 0.870. The molecule has 1 unspecified atom stereocenters. The molecule has 1 aliphatic rings. The van der Waals surface area contributed by atoms with Gasteiger partial charge in [0.15, 0.2) is 0 Å². The Morgan fingerprint density at radius 2 is 1.94 bits per heavy atom. The van der Waals surface area contributed by atoms with E-state index >= 15 is 0 Å². The summed E-state index contributed by atoms with van der Waals surface area (Å²) >= 11 is 0. The van der Waals surface area contributed by atoms with Gasteiger partial charge in [0.2, 0.25) is 0 Å². The minimum Gasteiger partial charge on any atom is -0.379 e. The lowest BCUT2D eigenvalue weighted by Crippen LogP contribution is -2.21. The van der Waals surface area contributed by atoms with Crippen LogP contribution in [0.4, 0.5) is 4.39 Å². The van der Waals surface area contributed by atoms with Crippen LogP contribution >= 0.6 is 0 Å². The Labute approximate surface area is 108 Å². The average molecular weight is 251 g/mol. The predicted octanol–water partition coefficient (Wildman–Crippen LogP) is 3.42. The molecule has 1 aliphatic carbocycles. The third kappa shape index (κ3) is 3.79. The molecule has 18 heavy (non-hydrogen) atoms. The fraction of sp³-hybridized carbons (Fsp3) is 0.600. The van der Waals surface area contributed by atoms with Gasteiger partial charge in [-0.05, 0) is 24.8 Å². The maximum absolute atomic E-state index is 13.5. The van der Waals surface area contributed by atoms with E-state index in [9.17, 15) is 4.39 Å². The van der Waals surface area contributed by atoms with Crippen molar-refractivity contribution in [3.63, 3.8) is 0 Å². The van der Waals surface area contributed by atoms with E-state index in [2.05, 4.69) is 0 Å². The highest BCUT2D eigenvalue weighted by Crippen LogP contribution is 2.24. The summed E-state index contributed by atoms with van der Waals surface area (Å²) in [4.78, 5) is 0. The molecule has 2 nitrogen and oxygen atoms in total. The Balaban J connectivity index is 1.74. The van der Waals surface area contributed by atoms with E-state index < -0.39 is 0 Å². The van der Waals surface area contributed by atoms with Gasteiger partial charge in [0.05, 0.1) is 12.6 Å². The predicted molar refractivity (Wildman–Crippen MR) is 70.7 cm³/mol. The lowest BCUT2D eigenvalue weighted by molar-refractivity contribution is 0.0754. The Morgan fingerprint density at radius 1 is 1.22 bits per heavy atom. The second kappa shape index (κ2) is 6.86. The highest BCUT2D eigenvalue weighted by molar-refractivity contribution is 5.20. The fourth-order valence-electron chi connectivity index (χ4n) is 2.58. The van der Waals surface area contributed by atoms with Crippen molar-refractivity contribution in [3.8, 4) is 0 Å². The molecule has 3 heteroatoms. The number of ether oxygens (including phenoxy) is 1. The van der Waals surface area contributed by atoms with Crippen molar-refractivity contribution in [2.75, 3.05) is 13.2 Å². The van der Waals surface area contributed by atoms with Gasteiger partial charge in [-0.2, -0.15) is 0 Å². The van der Waals surface area contributed by atoms with Gasteiger partial charge in [-0.15, -0.1) is 0 Å². The van der Waals surface area contributed by atoms with Crippen molar-refractivity contribution in [3.05, 3.63) is 35.6 Å². The van der Waals surface area contributed by atoms with E-state index in [4.69, 9.17) is 10.5 Å². The van der Waals surface area contributed by atoms with Gasteiger partial charge < -0.3 is 10.5 Å². The second-order valence-electron chi connectivity index (χ2n) is 5.17. The summed E-state index contributed by atoms with van der Waals surface area (Å²) in [7, 11) is 0. The molecule has 1 atom stereocenters. The number of hydrogen-bond donors (Lipinski definition) is 1. The number of benzene rings is 1. The zero-order valence-corrected chi connectivity index (χ0v) is 10.8. The summed E-state index contributed by atoms with van der Waals surface area (Å²) in [5, 5.41) is 0.